The summed E-state index contributed by atoms with van der Waals surface area (Å²) in [7, 11) is -1.87. The van der Waals surface area contributed by atoms with Crippen molar-refractivity contribution in [2.75, 3.05) is 30.7 Å². The van der Waals surface area contributed by atoms with Gasteiger partial charge in [0, 0.05) is 26.1 Å². The molecular weight excluding hydrogens is 358 g/mol. The summed E-state index contributed by atoms with van der Waals surface area (Å²) in [5.74, 6) is -0.163. The van der Waals surface area contributed by atoms with Crippen molar-refractivity contribution < 1.29 is 22.7 Å². The average molecular weight is 383 g/mol. The Kier molecular flexibility index (Phi) is 6.12. The minimum atomic E-state index is -3.33. The second-order valence-corrected chi connectivity index (χ2v) is 8.50. The Morgan fingerprint density at radius 2 is 1.77 bits per heavy atom. The molecule has 1 aliphatic heterocycles. The molecule has 0 saturated carbocycles. The Labute approximate surface area is 153 Å². The molecule has 1 unspecified atom stereocenters. The Morgan fingerprint density at radius 1 is 1.23 bits per heavy atom. The number of hydrogen-bond acceptors (Lipinski definition) is 5. The lowest BCUT2D eigenvalue weighted by Crippen LogP contribution is -2.46. The fourth-order valence-electron chi connectivity index (χ4n) is 2.82. The molecular formula is C17H25N3O5S. The number of carbonyl (C=O) groups is 2. The Balaban J connectivity index is 1.94. The van der Waals surface area contributed by atoms with Crippen molar-refractivity contribution in [2.45, 2.75) is 25.9 Å². The highest BCUT2D eigenvalue weighted by Gasteiger charge is 2.29. The number of rotatable bonds is 6. The van der Waals surface area contributed by atoms with Crippen molar-refractivity contribution in [3.05, 3.63) is 24.3 Å². The second kappa shape index (κ2) is 7.94. The Bertz CT molecular complexity index is 755. The molecule has 2 amide bonds. The van der Waals surface area contributed by atoms with Gasteiger partial charge in [0.2, 0.25) is 15.9 Å². The molecule has 0 bridgehead atoms. The van der Waals surface area contributed by atoms with E-state index in [4.69, 9.17) is 10.5 Å². The van der Waals surface area contributed by atoms with Crippen LogP contribution in [0.1, 0.15) is 19.8 Å². The normalized spacial score (nSPS) is 16.8. The van der Waals surface area contributed by atoms with Gasteiger partial charge in [-0.2, -0.15) is 0 Å². The van der Waals surface area contributed by atoms with Gasteiger partial charge in [0.15, 0.2) is 6.10 Å². The molecule has 0 aliphatic carbocycles. The predicted octanol–water partition coefficient (Wildman–Crippen LogP) is 0.574. The number of nitrogens with zero attached hydrogens (tertiary/aromatic N) is 2. The fourth-order valence-corrected chi connectivity index (χ4v) is 3.33. The lowest BCUT2D eigenvalue weighted by Gasteiger charge is -2.32. The average Bonchev–Trinajstić information content (AvgIpc) is 2.60. The first kappa shape index (κ1) is 20.0. The fraction of sp³-hybridized carbons (Fsp3) is 0.529. The molecule has 2 rings (SSSR count). The standard InChI is InChI=1S/C17H25N3O5S/c1-12(17(22)20-10-8-13(9-11-20)16(18)21)25-15-6-4-14(5-7-15)19(2)26(3,23)24/h4-7,12-13H,8-11H2,1-3H3,(H2,18,21). The minimum absolute atomic E-state index is 0.148. The van der Waals surface area contributed by atoms with Crippen LogP contribution in [0.2, 0.25) is 0 Å². The number of carbonyl (C=O) groups excluding carboxylic acids is 2. The van der Waals surface area contributed by atoms with Gasteiger partial charge in [-0.25, -0.2) is 8.42 Å². The number of ether oxygens (including phenoxy) is 1. The maximum absolute atomic E-state index is 12.5. The highest BCUT2D eigenvalue weighted by Crippen LogP contribution is 2.22. The number of likely N-dealkylation sites (tertiary alicyclic amines) is 1. The molecule has 8 nitrogen and oxygen atoms in total. The maximum Gasteiger partial charge on any atom is 0.263 e. The van der Waals surface area contributed by atoms with E-state index in [0.717, 1.165) is 10.6 Å². The summed E-state index contributed by atoms with van der Waals surface area (Å²) in [4.78, 5) is 25.4. The topological polar surface area (TPSA) is 110 Å². The van der Waals surface area contributed by atoms with Crippen LogP contribution in [0.3, 0.4) is 0 Å². The largest absolute Gasteiger partial charge is 0.481 e. The monoisotopic (exact) mass is 383 g/mol. The predicted molar refractivity (Wildman–Crippen MR) is 98.3 cm³/mol. The number of primary amides is 1. The summed E-state index contributed by atoms with van der Waals surface area (Å²) in [6.07, 6.45) is 1.58. The van der Waals surface area contributed by atoms with Crippen molar-refractivity contribution in [2.24, 2.45) is 11.7 Å². The van der Waals surface area contributed by atoms with Crippen LogP contribution in [0, 0.1) is 5.92 Å². The van der Waals surface area contributed by atoms with E-state index in [1.54, 1.807) is 36.1 Å². The zero-order chi connectivity index (χ0) is 19.5. The van der Waals surface area contributed by atoms with E-state index in [1.807, 2.05) is 0 Å². The molecule has 9 heteroatoms. The first-order valence-electron chi connectivity index (χ1n) is 8.38. The van der Waals surface area contributed by atoms with E-state index < -0.39 is 16.1 Å². The van der Waals surface area contributed by atoms with Gasteiger partial charge in [0.1, 0.15) is 5.75 Å². The van der Waals surface area contributed by atoms with Gasteiger partial charge in [-0.1, -0.05) is 0 Å². The van der Waals surface area contributed by atoms with Crippen LogP contribution in [-0.2, 0) is 19.6 Å². The van der Waals surface area contributed by atoms with Crippen LogP contribution in [0.15, 0.2) is 24.3 Å². The zero-order valence-corrected chi connectivity index (χ0v) is 16.0. The third-order valence-electron chi connectivity index (χ3n) is 4.57. The second-order valence-electron chi connectivity index (χ2n) is 6.49. The number of hydrogen-bond donors (Lipinski definition) is 1. The van der Waals surface area contributed by atoms with Crippen LogP contribution in [0.25, 0.3) is 0 Å². The van der Waals surface area contributed by atoms with Crippen molar-refractivity contribution in [1.82, 2.24) is 4.90 Å². The zero-order valence-electron chi connectivity index (χ0n) is 15.2. The number of amides is 2. The Hall–Kier alpha value is -2.29. The van der Waals surface area contributed by atoms with Crippen LogP contribution in [0.5, 0.6) is 5.75 Å². The summed E-state index contributed by atoms with van der Waals surface area (Å²) in [6, 6.07) is 6.48. The van der Waals surface area contributed by atoms with Crippen LogP contribution < -0.4 is 14.8 Å². The molecule has 1 atom stereocenters. The highest BCUT2D eigenvalue weighted by molar-refractivity contribution is 7.92. The third-order valence-corrected chi connectivity index (χ3v) is 5.77. The molecule has 1 fully saturated rings. The lowest BCUT2D eigenvalue weighted by atomic mass is 9.96. The van der Waals surface area contributed by atoms with Gasteiger partial charge in [0.05, 0.1) is 11.9 Å². The van der Waals surface area contributed by atoms with Crippen molar-refractivity contribution in [1.29, 1.82) is 0 Å². The van der Waals surface area contributed by atoms with Gasteiger partial charge in [-0.3, -0.25) is 13.9 Å². The summed E-state index contributed by atoms with van der Waals surface area (Å²) in [5.41, 5.74) is 5.81. The van der Waals surface area contributed by atoms with E-state index in [1.165, 1.54) is 7.05 Å². The maximum atomic E-state index is 12.5. The first-order valence-corrected chi connectivity index (χ1v) is 10.2. The summed E-state index contributed by atoms with van der Waals surface area (Å²) < 4.78 is 29.9. The molecule has 26 heavy (non-hydrogen) atoms. The third kappa shape index (κ3) is 4.87. The molecule has 0 aromatic heterocycles. The molecule has 2 N–H and O–H groups in total. The van der Waals surface area contributed by atoms with Crippen LogP contribution in [0.4, 0.5) is 5.69 Å². The molecule has 1 aliphatic rings. The quantitative estimate of drug-likeness (QED) is 0.772. The van der Waals surface area contributed by atoms with Crippen LogP contribution in [-0.4, -0.2) is 57.6 Å². The SMILES string of the molecule is CC(Oc1ccc(N(C)S(C)(=O)=O)cc1)C(=O)N1CCC(C(N)=O)CC1. The molecule has 0 radical (unpaired) electrons. The lowest BCUT2D eigenvalue weighted by molar-refractivity contribution is -0.140. The van der Waals surface area contributed by atoms with E-state index >= 15 is 0 Å². The smallest absolute Gasteiger partial charge is 0.263 e. The highest BCUT2D eigenvalue weighted by atomic mass is 32.2. The van der Waals surface area contributed by atoms with Crippen LogP contribution >= 0.6 is 0 Å². The number of sulfonamides is 1. The number of benzene rings is 1. The van der Waals surface area contributed by atoms with E-state index in [9.17, 15) is 18.0 Å². The molecule has 1 heterocycles. The minimum Gasteiger partial charge on any atom is -0.481 e. The van der Waals surface area contributed by atoms with Crippen molar-refractivity contribution in [3.8, 4) is 5.75 Å². The first-order chi connectivity index (χ1) is 12.1. The van der Waals surface area contributed by atoms with Crippen molar-refractivity contribution in [3.63, 3.8) is 0 Å². The van der Waals surface area contributed by atoms with Gasteiger partial charge in [0.25, 0.3) is 5.91 Å². The molecule has 144 valence electrons. The number of anilines is 1. The van der Waals surface area contributed by atoms with Crippen molar-refractivity contribution >= 4 is 27.5 Å². The van der Waals surface area contributed by atoms with E-state index in [-0.39, 0.29) is 17.7 Å². The summed E-state index contributed by atoms with van der Waals surface area (Å²) in [6.45, 7) is 2.63. The Morgan fingerprint density at radius 3 is 2.23 bits per heavy atom. The number of nitrogens with two attached hydrogens (primary N) is 1. The summed E-state index contributed by atoms with van der Waals surface area (Å²) in [5, 5.41) is 0. The van der Waals surface area contributed by atoms with Gasteiger partial charge >= 0.3 is 0 Å². The number of piperidine rings is 1. The van der Waals surface area contributed by atoms with E-state index in [0.29, 0.717) is 37.4 Å². The molecule has 1 aromatic rings. The van der Waals surface area contributed by atoms with E-state index in [2.05, 4.69) is 0 Å². The van der Waals surface area contributed by atoms with Gasteiger partial charge < -0.3 is 15.4 Å². The summed E-state index contributed by atoms with van der Waals surface area (Å²) >= 11 is 0. The van der Waals surface area contributed by atoms with Gasteiger partial charge in [-0.15, -0.1) is 0 Å². The molecule has 1 aromatic carbocycles. The van der Waals surface area contributed by atoms with Gasteiger partial charge in [-0.05, 0) is 44.0 Å². The molecule has 1 saturated heterocycles. The molecule has 0 spiro atoms.